The highest BCUT2D eigenvalue weighted by Crippen LogP contribution is 2.19. The lowest BCUT2D eigenvalue weighted by atomic mass is 10.3. The number of aryl methyl sites for hydroxylation is 2. The SMILES string of the molecule is CCO[Si](CCCCn1cc[n+](C)c1)(OCC)OCC.[Cl-]. The van der Waals surface area contributed by atoms with Gasteiger partial charge < -0.3 is 25.7 Å². The molecule has 7 heteroatoms. The van der Waals surface area contributed by atoms with Crippen LogP contribution in [0.5, 0.6) is 0 Å². The highest BCUT2D eigenvalue weighted by molar-refractivity contribution is 6.60. The fraction of sp³-hybridized carbons (Fsp3) is 0.786. The van der Waals surface area contributed by atoms with E-state index < -0.39 is 8.80 Å². The second kappa shape index (κ2) is 11.2. The largest absolute Gasteiger partial charge is 1.00 e. The first-order chi connectivity index (χ1) is 9.65. The van der Waals surface area contributed by atoms with E-state index in [-0.39, 0.29) is 12.4 Å². The predicted octanol–water partition coefficient (Wildman–Crippen LogP) is -0.855. The first-order valence-corrected chi connectivity index (χ1v) is 9.51. The van der Waals surface area contributed by atoms with Crippen molar-refractivity contribution < 1.29 is 30.3 Å². The third-order valence-corrected chi connectivity index (χ3v) is 6.22. The molecule has 1 aromatic heterocycles. The summed E-state index contributed by atoms with van der Waals surface area (Å²) in [7, 11) is -0.408. The molecule has 0 aliphatic heterocycles. The molecule has 0 fully saturated rings. The van der Waals surface area contributed by atoms with Crippen molar-refractivity contribution in [3.8, 4) is 0 Å². The summed E-state index contributed by atoms with van der Waals surface area (Å²) in [6.07, 6.45) is 8.42. The maximum absolute atomic E-state index is 5.85. The van der Waals surface area contributed by atoms with Crippen LogP contribution in [0.1, 0.15) is 33.6 Å². The number of hydrogen-bond acceptors (Lipinski definition) is 3. The molecule has 0 saturated carbocycles. The van der Waals surface area contributed by atoms with E-state index in [0.717, 1.165) is 25.4 Å². The standard InChI is InChI=1S/C14H29N2O3Si.ClH/c1-5-17-20(18-6-2,19-7-3)13-9-8-10-16-12-11-15(4)14-16;/h11-12,14H,5-10,13H2,1-4H3;1H/q+1;/p-1. The van der Waals surface area contributed by atoms with Gasteiger partial charge in [0.1, 0.15) is 12.4 Å². The monoisotopic (exact) mass is 336 g/mol. The van der Waals surface area contributed by atoms with Crippen molar-refractivity contribution >= 4 is 8.80 Å². The van der Waals surface area contributed by atoms with Crippen molar-refractivity contribution in [3.63, 3.8) is 0 Å². The van der Waals surface area contributed by atoms with Crippen LogP contribution in [0.4, 0.5) is 0 Å². The van der Waals surface area contributed by atoms with Gasteiger partial charge in [0, 0.05) is 25.9 Å². The van der Waals surface area contributed by atoms with E-state index in [1.54, 1.807) is 0 Å². The summed E-state index contributed by atoms with van der Waals surface area (Å²) in [4.78, 5) is 0. The quantitative estimate of drug-likeness (QED) is 0.300. The number of imidazole rings is 1. The van der Waals surface area contributed by atoms with Gasteiger partial charge in [-0.25, -0.2) is 9.13 Å². The van der Waals surface area contributed by atoms with Crippen molar-refractivity contribution in [2.24, 2.45) is 7.05 Å². The minimum atomic E-state index is -2.44. The highest BCUT2D eigenvalue weighted by atomic mass is 35.5. The Morgan fingerprint density at radius 3 is 2.00 bits per heavy atom. The molecule has 124 valence electrons. The van der Waals surface area contributed by atoms with Gasteiger partial charge in [-0.3, -0.25) is 0 Å². The highest BCUT2D eigenvalue weighted by Gasteiger charge is 2.39. The minimum Gasteiger partial charge on any atom is -1.00 e. The fourth-order valence-corrected chi connectivity index (χ4v) is 4.96. The van der Waals surface area contributed by atoms with Crippen LogP contribution in [-0.4, -0.2) is 33.2 Å². The second-order valence-corrected chi connectivity index (χ2v) is 7.49. The Morgan fingerprint density at radius 2 is 1.57 bits per heavy atom. The Bertz CT molecular complexity index is 360. The average Bonchev–Trinajstić information content (AvgIpc) is 2.82. The number of halogens is 1. The smallest absolute Gasteiger partial charge is 0.500 e. The normalized spacial score (nSPS) is 11.4. The fourth-order valence-electron chi connectivity index (χ4n) is 2.27. The van der Waals surface area contributed by atoms with Crippen LogP contribution in [0.3, 0.4) is 0 Å². The van der Waals surface area contributed by atoms with Gasteiger partial charge >= 0.3 is 8.80 Å². The number of rotatable bonds is 11. The van der Waals surface area contributed by atoms with Crippen molar-refractivity contribution in [2.75, 3.05) is 19.8 Å². The molecule has 0 aliphatic carbocycles. The zero-order valence-corrected chi connectivity index (χ0v) is 15.4. The first kappa shape index (κ1) is 20.6. The molecule has 0 saturated heterocycles. The van der Waals surface area contributed by atoms with E-state index >= 15 is 0 Å². The van der Waals surface area contributed by atoms with Gasteiger partial charge in [0.15, 0.2) is 0 Å². The minimum absolute atomic E-state index is 0. The Kier molecular flexibility index (Phi) is 11.0. The van der Waals surface area contributed by atoms with Crippen LogP contribution >= 0.6 is 0 Å². The van der Waals surface area contributed by atoms with E-state index in [4.69, 9.17) is 13.3 Å². The van der Waals surface area contributed by atoms with E-state index in [1.165, 1.54) is 0 Å². The van der Waals surface area contributed by atoms with Crippen LogP contribution in [0.15, 0.2) is 18.7 Å². The molecule has 0 unspecified atom stereocenters. The third-order valence-electron chi connectivity index (χ3n) is 3.07. The first-order valence-electron chi connectivity index (χ1n) is 7.58. The summed E-state index contributed by atoms with van der Waals surface area (Å²) < 4.78 is 21.8. The summed E-state index contributed by atoms with van der Waals surface area (Å²) in [5.74, 6) is 0. The number of nitrogens with zero attached hydrogens (tertiary/aromatic N) is 2. The van der Waals surface area contributed by atoms with Gasteiger partial charge in [-0.15, -0.1) is 0 Å². The van der Waals surface area contributed by atoms with Crippen molar-refractivity contribution in [1.82, 2.24) is 4.57 Å². The van der Waals surface area contributed by atoms with Crippen LogP contribution in [-0.2, 0) is 26.9 Å². The van der Waals surface area contributed by atoms with Gasteiger partial charge in [0.25, 0.3) is 0 Å². The Morgan fingerprint density at radius 1 is 1.00 bits per heavy atom. The van der Waals surface area contributed by atoms with E-state index in [0.29, 0.717) is 19.8 Å². The lowest BCUT2D eigenvalue weighted by Gasteiger charge is -2.28. The van der Waals surface area contributed by atoms with Crippen LogP contribution in [0, 0.1) is 0 Å². The molecule has 21 heavy (non-hydrogen) atoms. The second-order valence-electron chi connectivity index (χ2n) is 4.76. The molecule has 0 bridgehead atoms. The summed E-state index contributed by atoms with van der Waals surface area (Å²) >= 11 is 0. The Labute approximate surface area is 136 Å². The van der Waals surface area contributed by atoms with Gasteiger partial charge in [-0.05, 0) is 33.6 Å². The van der Waals surface area contributed by atoms with Gasteiger partial charge in [-0.1, -0.05) is 0 Å². The topological polar surface area (TPSA) is 36.5 Å². The summed E-state index contributed by atoms with van der Waals surface area (Å²) in [5.41, 5.74) is 0. The molecule has 0 aromatic carbocycles. The maximum Gasteiger partial charge on any atom is 0.500 e. The maximum atomic E-state index is 5.85. The molecule has 5 nitrogen and oxygen atoms in total. The third kappa shape index (κ3) is 7.42. The van der Waals surface area contributed by atoms with Crippen molar-refractivity contribution in [1.29, 1.82) is 0 Å². The van der Waals surface area contributed by atoms with Gasteiger partial charge in [0.05, 0.1) is 13.6 Å². The molecular weight excluding hydrogens is 308 g/mol. The molecule has 0 spiro atoms. The molecule has 0 N–H and O–H groups in total. The molecular formula is C14H29ClN2O3Si. The summed E-state index contributed by atoms with van der Waals surface area (Å²) in [6.45, 7) is 8.98. The zero-order valence-electron chi connectivity index (χ0n) is 13.7. The summed E-state index contributed by atoms with van der Waals surface area (Å²) in [6, 6.07) is 0.899. The molecule has 0 atom stereocenters. The number of hydrogen-bond donors (Lipinski definition) is 0. The van der Waals surface area contributed by atoms with E-state index in [1.807, 2.05) is 27.8 Å². The van der Waals surface area contributed by atoms with Gasteiger partial charge in [-0.2, -0.15) is 0 Å². The van der Waals surface area contributed by atoms with Gasteiger partial charge in [0.2, 0.25) is 6.33 Å². The summed E-state index contributed by atoms with van der Waals surface area (Å²) in [5, 5.41) is 0. The molecule has 1 rings (SSSR count). The van der Waals surface area contributed by atoms with Crippen LogP contribution in [0.2, 0.25) is 6.04 Å². The van der Waals surface area contributed by atoms with Crippen molar-refractivity contribution in [2.45, 2.75) is 46.2 Å². The predicted molar refractivity (Wildman–Crippen MR) is 80.3 cm³/mol. The molecule has 1 aromatic rings. The van der Waals surface area contributed by atoms with E-state index in [2.05, 4.69) is 27.9 Å². The number of aromatic nitrogens is 2. The van der Waals surface area contributed by atoms with Crippen LogP contribution in [0.25, 0.3) is 0 Å². The molecule has 0 radical (unpaired) electrons. The van der Waals surface area contributed by atoms with E-state index in [9.17, 15) is 0 Å². The van der Waals surface area contributed by atoms with Crippen molar-refractivity contribution in [3.05, 3.63) is 18.7 Å². The number of unbranched alkanes of at least 4 members (excludes halogenated alkanes) is 1. The lowest BCUT2D eigenvalue weighted by molar-refractivity contribution is -0.671. The molecule has 0 amide bonds. The average molecular weight is 337 g/mol. The Hall–Kier alpha value is -0.403. The zero-order chi connectivity index (χ0) is 14.8. The molecule has 0 aliphatic rings. The Balaban J connectivity index is 0.00000400. The lowest BCUT2D eigenvalue weighted by Crippen LogP contribution is -3.00. The molecule has 1 heterocycles. The van der Waals surface area contributed by atoms with Crippen LogP contribution < -0.4 is 17.0 Å².